The zero-order valence-electron chi connectivity index (χ0n) is 12.5. The van der Waals surface area contributed by atoms with Crippen LogP contribution in [0.4, 0.5) is 0 Å². The number of hydrogen-bond donors (Lipinski definition) is 0. The van der Waals surface area contributed by atoms with Gasteiger partial charge in [0.05, 0.1) is 0 Å². The molecule has 0 spiro atoms. The molecule has 0 atom stereocenters. The van der Waals surface area contributed by atoms with Gasteiger partial charge in [-0.3, -0.25) is 4.79 Å². The molecule has 0 aromatic heterocycles. The minimum Gasteiger partial charge on any atom is -0.299 e. The molecule has 0 saturated heterocycles. The Labute approximate surface area is 132 Å². The molecule has 2 aromatic carbocycles. The summed E-state index contributed by atoms with van der Waals surface area (Å²) in [4.78, 5) is 12.1. The molecule has 0 aliphatic carbocycles. The molecule has 0 unspecified atom stereocenters. The average molecular weight is 286 g/mol. The average Bonchev–Trinajstić information content (AvgIpc) is 2.55. The lowest BCUT2D eigenvalue weighted by atomic mass is 9.98. The zero-order valence-corrected chi connectivity index (χ0v) is 12.5. The van der Waals surface area contributed by atoms with E-state index in [-0.39, 0.29) is 5.78 Å². The highest BCUT2D eigenvalue weighted by atomic mass is 16.1. The van der Waals surface area contributed by atoms with E-state index in [4.69, 9.17) is 12.8 Å². The number of rotatable bonds is 6. The number of benzene rings is 2. The molecule has 0 N–H and O–H groups in total. The predicted molar refractivity (Wildman–Crippen MR) is 90.4 cm³/mol. The molecule has 1 heteroatoms. The molecule has 0 bridgehead atoms. The molecule has 0 aliphatic heterocycles. The topological polar surface area (TPSA) is 17.1 Å². The third-order valence-corrected chi connectivity index (χ3v) is 3.64. The van der Waals surface area contributed by atoms with Crippen LogP contribution in [0.2, 0.25) is 0 Å². The fourth-order valence-electron chi connectivity index (χ4n) is 2.47. The first-order chi connectivity index (χ1) is 10.7. The maximum absolute atomic E-state index is 12.1. The van der Waals surface area contributed by atoms with E-state index in [1.807, 2.05) is 48.5 Å². The van der Waals surface area contributed by atoms with Crippen LogP contribution in [-0.2, 0) is 17.6 Å². The van der Waals surface area contributed by atoms with Gasteiger partial charge in [0, 0.05) is 24.0 Å². The van der Waals surface area contributed by atoms with Gasteiger partial charge in [0.1, 0.15) is 5.78 Å². The minimum atomic E-state index is 0.209. The summed E-state index contributed by atoms with van der Waals surface area (Å²) in [6, 6.07) is 15.4. The largest absolute Gasteiger partial charge is 0.299 e. The monoisotopic (exact) mass is 286 g/mol. The smallest absolute Gasteiger partial charge is 0.137 e. The Morgan fingerprint density at radius 3 is 2.05 bits per heavy atom. The highest BCUT2D eigenvalue weighted by molar-refractivity contribution is 5.81. The summed E-state index contributed by atoms with van der Waals surface area (Å²) in [6.07, 6.45) is 13.5. The van der Waals surface area contributed by atoms with E-state index in [1.54, 1.807) is 0 Å². The summed E-state index contributed by atoms with van der Waals surface area (Å²) >= 11 is 0. The standard InChI is InChI=1S/C21H18O/c1-3-17-10-5-7-12-19(17)14-9-15-21(22)16-20-13-8-6-11-18(20)4-2/h1-2,5-8,10-13H,9,14-16H2. The van der Waals surface area contributed by atoms with Crippen molar-refractivity contribution < 1.29 is 4.79 Å². The fraction of sp³-hybridized carbons (Fsp3) is 0.190. The maximum Gasteiger partial charge on any atom is 0.137 e. The van der Waals surface area contributed by atoms with Gasteiger partial charge in [0.2, 0.25) is 0 Å². The highest BCUT2D eigenvalue weighted by Crippen LogP contribution is 2.13. The number of terminal acetylenes is 2. The highest BCUT2D eigenvalue weighted by Gasteiger charge is 2.07. The summed E-state index contributed by atoms with van der Waals surface area (Å²) in [5.74, 6) is 5.51. The Balaban J connectivity index is 1.89. The molecular weight excluding hydrogens is 268 g/mol. The number of aryl methyl sites for hydroxylation is 1. The lowest BCUT2D eigenvalue weighted by Gasteiger charge is -2.06. The van der Waals surface area contributed by atoms with Crippen LogP contribution in [0.25, 0.3) is 0 Å². The van der Waals surface area contributed by atoms with Gasteiger partial charge in [0.25, 0.3) is 0 Å². The molecule has 0 aliphatic rings. The van der Waals surface area contributed by atoms with E-state index in [0.29, 0.717) is 12.8 Å². The number of ketones is 1. The third kappa shape index (κ3) is 4.11. The normalized spacial score (nSPS) is 9.73. The zero-order chi connectivity index (χ0) is 15.8. The van der Waals surface area contributed by atoms with Crippen LogP contribution in [0, 0.1) is 24.7 Å². The maximum atomic E-state index is 12.1. The van der Waals surface area contributed by atoms with Gasteiger partial charge >= 0.3 is 0 Å². The second-order valence-electron chi connectivity index (χ2n) is 5.17. The number of carbonyl (C=O) groups excluding carboxylic acids is 1. The molecule has 0 heterocycles. The molecule has 1 nitrogen and oxygen atoms in total. The van der Waals surface area contributed by atoms with Gasteiger partial charge in [-0.15, -0.1) is 12.8 Å². The SMILES string of the molecule is C#Cc1ccccc1CCCC(=O)Cc1ccccc1C#C. The van der Waals surface area contributed by atoms with E-state index in [1.165, 1.54) is 0 Å². The van der Waals surface area contributed by atoms with Crippen molar-refractivity contribution >= 4 is 5.78 Å². The van der Waals surface area contributed by atoms with E-state index in [9.17, 15) is 4.79 Å². The Kier molecular flexibility index (Phi) is 5.58. The molecule has 0 fully saturated rings. The van der Waals surface area contributed by atoms with Gasteiger partial charge < -0.3 is 0 Å². The van der Waals surface area contributed by atoms with E-state index in [2.05, 4.69) is 11.8 Å². The third-order valence-electron chi connectivity index (χ3n) is 3.64. The lowest BCUT2D eigenvalue weighted by Crippen LogP contribution is -2.05. The van der Waals surface area contributed by atoms with Crippen LogP contribution in [0.5, 0.6) is 0 Å². The molecule has 108 valence electrons. The van der Waals surface area contributed by atoms with E-state index in [0.717, 1.165) is 35.1 Å². The van der Waals surface area contributed by atoms with E-state index < -0.39 is 0 Å². The number of carbonyl (C=O) groups is 1. The van der Waals surface area contributed by atoms with E-state index >= 15 is 0 Å². The lowest BCUT2D eigenvalue weighted by molar-refractivity contribution is -0.118. The van der Waals surface area contributed by atoms with Crippen molar-refractivity contribution in [1.29, 1.82) is 0 Å². The summed E-state index contributed by atoms with van der Waals surface area (Å²) < 4.78 is 0. The number of hydrogen-bond acceptors (Lipinski definition) is 1. The van der Waals surface area contributed by atoms with Crippen molar-refractivity contribution in [1.82, 2.24) is 0 Å². The van der Waals surface area contributed by atoms with Crippen LogP contribution in [0.1, 0.15) is 35.1 Å². The molecule has 22 heavy (non-hydrogen) atoms. The first kappa shape index (κ1) is 15.6. The van der Waals surface area contributed by atoms with Gasteiger partial charge in [-0.25, -0.2) is 0 Å². The van der Waals surface area contributed by atoms with Crippen LogP contribution < -0.4 is 0 Å². The van der Waals surface area contributed by atoms with Crippen molar-refractivity contribution in [3.05, 3.63) is 70.8 Å². The quantitative estimate of drug-likeness (QED) is 0.739. The van der Waals surface area contributed by atoms with Crippen LogP contribution in [0.3, 0.4) is 0 Å². The van der Waals surface area contributed by atoms with Crippen molar-refractivity contribution in [3.63, 3.8) is 0 Å². The first-order valence-corrected chi connectivity index (χ1v) is 7.35. The summed E-state index contributed by atoms with van der Waals surface area (Å²) in [7, 11) is 0. The second kappa shape index (κ2) is 7.87. The Hall–Kier alpha value is -2.77. The van der Waals surface area contributed by atoms with Crippen LogP contribution in [0.15, 0.2) is 48.5 Å². The Morgan fingerprint density at radius 2 is 1.41 bits per heavy atom. The molecule has 2 aromatic rings. The molecule has 0 amide bonds. The summed E-state index contributed by atoms with van der Waals surface area (Å²) in [5, 5.41) is 0. The molecule has 2 rings (SSSR count). The van der Waals surface area contributed by atoms with Crippen LogP contribution >= 0.6 is 0 Å². The second-order valence-corrected chi connectivity index (χ2v) is 5.17. The van der Waals surface area contributed by atoms with Crippen molar-refractivity contribution in [2.75, 3.05) is 0 Å². The summed E-state index contributed by atoms with van der Waals surface area (Å²) in [6.45, 7) is 0. The number of Topliss-reactive ketones (excluding diaryl/α,β-unsaturated/α-hetero) is 1. The van der Waals surface area contributed by atoms with Crippen molar-refractivity contribution in [2.24, 2.45) is 0 Å². The Morgan fingerprint density at radius 1 is 0.864 bits per heavy atom. The van der Waals surface area contributed by atoms with Crippen LogP contribution in [-0.4, -0.2) is 5.78 Å². The predicted octanol–water partition coefficient (Wildman–Crippen LogP) is 3.78. The van der Waals surface area contributed by atoms with Gasteiger partial charge in [-0.1, -0.05) is 48.2 Å². The van der Waals surface area contributed by atoms with Gasteiger partial charge in [-0.2, -0.15) is 0 Å². The molecular formula is C21H18O. The molecule has 0 radical (unpaired) electrons. The van der Waals surface area contributed by atoms with Crippen molar-refractivity contribution in [3.8, 4) is 24.7 Å². The van der Waals surface area contributed by atoms with Crippen molar-refractivity contribution in [2.45, 2.75) is 25.7 Å². The minimum absolute atomic E-state index is 0.209. The Bertz CT molecular complexity index is 741. The first-order valence-electron chi connectivity index (χ1n) is 7.35. The summed E-state index contributed by atoms with van der Waals surface area (Å²) in [5.41, 5.74) is 3.77. The molecule has 0 saturated carbocycles. The fourth-order valence-corrected chi connectivity index (χ4v) is 2.47. The van der Waals surface area contributed by atoms with Gasteiger partial charge in [-0.05, 0) is 36.1 Å². The van der Waals surface area contributed by atoms with Gasteiger partial charge in [0.15, 0.2) is 0 Å².